The largest absolute Gasteiger partial charge is 0.586 e. The van der Waals surface area contributed by atoms with Crippen LogP contribution in [0.25, 0.3) is 0 Å². The van der Waals surface area contributed by atoms with E-state index in [0.717, 1.165) is 13.1 Å². The normalized spacial score (nSPS) is 21.1. The van der Waals surface area contributed by atoms with Crippen molar-refractivity contribution in [2.45, 2.75) is 13.2 Å². The van der Waals surface area contributed by atoms with Crippen LogP contribution in [0.2, 0.25) is 0 Å². The third-order valence-electron chi connectivity index (χ3n) is 3.60. The number of hydrogen-bond donors (Lipinski definition) is 2. The van der Waals surface area contributed by atoms with E-state index in [1.54, 1.807) is 0 Å². The quantitative estimate of drug-likeness (QED) is 0.888. The monoisotopic (exact) mass is 284 g/mol. The highest BCUT2D eigenvalue weighted by Gasteiger charge is 2.43. The lowest BCUT2D eigenvalue weighted by atomic mass is 9.88. The molecule has 0 radical (unpaired) electrons. The Bertz CT molecular complexity index is 546. The van der Waals surface area contributed by atoms with Crippen molar-refractivity contribution in [3.8, 4) is 11.5 Å². The highest BCUT2D eigenvalue weighted by atomic mass is 19.3. The molecule has 0 aliphatic carbocycles. The Hall–Kier alpha value is -1.89. The van der Waals surface area contributed by atoms with Crippen molar-refractivity contribution < 1.29 is 23.0 Å². The standard InChI is InChI=1S/C13H14F2N2O3/c1-7(8-5-16-6-8)12(18)17-9-2-3-10-11(4-9)20-13(14,15)19-10/h2-4,7-8,16H,5-6H2,1H3,(H,17,18). The molecule has 20 heavy (non-hydrogen) atoms. The lowest BCUT2D eigenvalue weighted by molar-refractivity contribution is -0.286. The molecule has 7 heteroatoms. The Morgan fingerprint density at radius 2 is 2.10 bits per heavy atom. The minimum absolute atomic E-state index is 0.0377. The zero-order chi connectivity index (χ0) is 14.3. The van der Waals surface area contributed by atoms with Gasteiger partial charge in [0, 0.05) is 17.7 Å². The Morgan fingerprint density at radius 1 is 1.40 bits per heavy atom. The first-order valence-corrected chi connectivity index (χ1v) is 6.36. The number of benzene rings is 1. The Morgan fingerprint density at radius 3 is 2.75 bits per heavy atom. The van der Waals surface area contributed by atoms with Gasteiger partial charge in [0.2, 0.25) is 5.91 Å². The Balaban J connectivity index is 1.68. The fourth-order valence-corrected chi connectivity index (χ4v) is 2.16. The van der Waals surface area contributed by atoms with Crippen LogP contribution in [0.3, 0.4) is 0 Å². The van der Waals surface area contributed by atoms with Crippen molar-refractivity contribution in [2.75, 3.05) is 18.4 Å². The van der Waals surface area contributed by atoms with Gasteiger partial charge in [0.25, 0.3) is 0 Å². The van der Waals surface area contributed by atoms with Crippen LogP contribution in [0.5, 0.6) is 11.5 Å². The molecule has 1 saturated heterocycles. The van der Waals surface area contributed by atoms with Crippen LogP contribution in [0.1, 0.15) is 6.92 Å². The van der Waals surface area contributed by atoms with Crippen LogP contribution in [-0.4, -0.2) is 25.3 Å². The van der Waals surface area contributed by atoms with Crippen LogP contribution >= 0.6 is 0 Å². The lowest BCUT2D eigenvalue weighted by Gasteiger charge is -2.31. The number of amides is 1. The molecule has 2 aliphatic rings. The number of carbonyl (C=O) groups excluding carboxylic acids is 1. The smallest absolute Gasteiger partial charge is 0.395 e. The maximum absolute atomic E-state index is 12.9. The summed E-state index contributed by atoms with van der Waals surface area (Å²) < 4.78 is 34.4. The van der Waals surface area contributed by atoms with Gasteiger partial charge in [-0.05, 0) is 31.1 Å². The van der Waals surface area contributed by atoms with E-state index in [2.05, 4.69) is 20.1 Å². The van der Waals surface area contributed by atoms with Crippen molar-refractivity contribution >= 4 is 11.6 Å². The zero-order valence-corrected chi connectivity index (χ0v) is 10.8. The molecule has 1 amide bonds. The van der Waals surface area contributed by atoms with Crippen LogP contribution in [-0.2, 0) is 4.79 Å². The average molecular weight is 284 g/mol. The predicted octanol–water partition coefficient (Wildman–Crippen LogP) is 1.80. The maximum atomic E-state index is 12.9. The topological polar surface area (TPSA) is 59.6 Å². The van der Waals surface area contributed by atoms with Crippen molar-refractivity contribution in [1.82, 2.24) is 5.32 Å². The fourth-order valence-electron chi connectivity index (χ4n) is 2.16. The summed E-state index contributed by atoms with van der Waals surface area (Å²) in [5, 5.41) is 5.80. The second-order valence-corrected chi connectivity index (χ2v) is 5.03. The molecule has 1 aromatic carbocycles. The van der Waals surface area contributed by atoms with Crippen LogP contribution in [0.4, 0.5) is 14.5 Å². The number of carbonyl (C=O) groups is 1. The number of rotatable bonds is 3. The zero-order valence-electron chi connectivity index (χ0n) is 10.8. The molecule has 1 atom stereocenters. The van der Waals surface area contributed by atoms with Gasteiger partial charge in [0.05, 0.1) is 0 Å². The second kappa shape index (κ2) is 4.59. The number of nitrogens with one attached hydrogen (secondary N) is 2. The van der Waals surface area contributed by atoms with E-state index in [1.165, 1.54) is 18.2 Å². The number of fused-ring (bicyclic) bond motifs is 1. The summed E-state index contributed by atoms with van der Waals surface area (Å²) in [6, 6.07) is 4.19. The summed E-state index contributed by atoms with van der Waals surface area (Å²) in [6.07, 6.45) is -3.64. The Kier molecular flexibility index (Phi) is 3.01. The first kappa shape index (κ1) is 13.1. The van der Waals surface area contributed by atoms with E-state index in [-0.39, 0.29) is 23.3 Å². The van der Waals surface area contributed by atoms with E-state index < -0.39 is 6.29 Å². The molecule has 108 valence electrons. The minimum Gasteiger partial charge on any atom is -0.395 e. The lowest BCUT2D eigenvalue weighted by Crippen LogP contribution is -2.48. The molecule has 0 saturated carbocycles. The van der Waals surface area contributed by atoms with Crippen LogP contribution < -0.4 is 20.1 Å². The summed E-state index contributed by atoms with van der Waals surface area (Å²) in [4.78, 5) is 12.0. The van der Waals surface area contributed by atoms with Gasteiger partial charge in [-0.3, -0.25) is 4.79 Å². The molecule has 3 rings (SSSR count). The van der Waals surface area contributed by atoms with Crippen molar-refractivity contribution in [2.24, 2.45) is 11.8 Å². The second-order valence-electron chi connectivity index (χ2n) is 5.03. The maximum Gasteiger partial charge on any atom is 0.586 e. The first-order chi connectivity index (χ1) is 9.44. The van der Waals surface area contributed by atoms with Crippen molar-refractivity contribution in [1.29, 1.82) is 0 Å². The van der Waals surface area contributed by atoms with Gasteiger partial charge in [-0.15, -0.1) is 8.78 Å². The fraction of sp³-hybridized carbons (Fsp3) is 0.462. The van der Waals surface area contributed by atoms with Gasteiger partial charge in [0.1, 0.15) is 0 Å². The molecule has 0 bridgehead atoms. The van der Waals surface area contributed by atoms with E-state index in [9.17, 15) is 13.6 Å². The molecule has 0 aromatic heterocycles. The molecular weight excluding hydrogens is 270 g/mol. The summed E-state index contributed by atoms with van der Waals surface area (Å²) in [6.45, 7) is 3.49. The molecule has 1 fully saturated rings. The summed E-state index contributed by atoms with van der Waals surface area (Å²) in [7, 11) is 0. The van der Waals surface area contributed by atoms with Crippen molar-refractivity contribution in [3.05, 3.63) is 18.2 Å². The minimum atomic E-state index is -3.64. The number of halogens is 2. The van der Waals surface area contributed by atoms with E-state index in [0.29, 0.717) is 11.6 Å². The molecule has 2 N–H and O–H groups in total. The molecule has 2 heterocycles. The number of hydrogen-bond acceptors (Lipinski definition) is 4. The average Bonchev–Trinajstić information content (AvgIpc) is 2.59. The van der Waals surface area contributed by atoms with Gasteiger partial charge in [-0.25, -0.2) is 0 Å². The highest BCUT2D eigenvalue weighted by molar-refractivity contribution is 5.93. The summed E-state index contributed by atoms with van der Waals surface area (Å²) in [5.41, 5.74) is 0.411. The van der Waals surface area contributed by atoms with Crippen molar-refractivity contribution in [3.63, 3.8) is 0 Å². The molecule has 1 unspecified atom stereocenters. The van der Waals surface area contributed by atoms with Gasteiger partial charge < -0.3 is 20.1 Å². The SMILES string of the molecule is CC(C(=O)Nc1ccc2c(c1)OC(F)(F)O2)C1CNC1. The number of alkyl halides is 2. The summed E-state index contributed by atoms with van der Waals surface area (Å²) in [5.74, 6) is -0.0754. The van der Waals surface area contributed by atoms with Crippen LogP contribution in [0.15, 0.2) is 18.2 Å². The van der Waals surface area contributed by atoms with E-state index in [4.69, 9.17) is 0 Å². The summed E-state index contributed by atoms with van der Waals surface area (Å²) >= 11 is 0. The molecule has 5 nitrogen and oxygen atoms in total. The number of anilines is 1. The van der Waals surface area contributed by atoms with Gasteiger partial charge in [-0.1, -0.05) is 6.92 Å². The third-order valence-corrected chi connectivity index (χ3v) is 3.60. The van der Waals surface area contributed by atoms with Gasteiger partial charge in [0.15, 0.2) is 11.5 Å². The highest BCUT2D eigenvalue weighted by Crippen LogP contribution is 2.42. The molecule has 0 spiro atoms. The first-order valence-electron chi connectivity index (χ1n) is 6.36. The predicted molar refractivity (Wildman–Crippen MR) is 66.8 cm³/mol. The van der Waals surface area contributed by atoms with Gasteiger partial charge in [-0.2, -0.15) is 0 Å². The molecule has 1 aromatic rings. The molecular formula is C13H14F2N2O3. The van der Waals surface area contributed by atoms with Crippen LogP contribution in [0, 0.1) is 11.8 Å². The third kappa shape index (κ3) is 2.40. The molecule has 2 aliphatic heterocycles. The number of ether oxygens (including phenoxy) is 2. The van der Waals surface area contributed by atoms with Gasteiger partial charge >= 0.3 is 6.29 Å². The van der Waals surface area contributed by atoms with E-state index in [1.807, 2.05) is 6.92 Å². The Labute approximate surface area is 114 Å². The van der Waals surface area contributed by atoms with E-state index >= 15 is 0 Å².